The van der Waals surface area contributed by atoms with Gasteiger partial charge in [-0.15, -0.1) is 5.10 Å². The van der Waals surface area contributed by atoms with E-state index in [1.54, 1.807) is 6.07 Å². The van der Waals surface area contributed by atoms with Crippen molar-refractivity contribution < 1.29 is 28.2 Å². The first-order valence-electron chi connectivity index (χ1n) is 9.86. The zero-order chi connectivity index (χ0) is 22.1. The highest BCUT2D eigenvalue weighted by Gasteiger charge is 2.38. The average Bonchev–Trinajstić information content (AvgIpc) is 3.10. The van der Waals surface area contributed by atoms with Crippen LogP contribution in [0.4, 0.5) is 13.2 Å². The predicted molar refractivity (Wildman–Crippen MR) is 104 cm³/mol. The Bertz CT molecular complexity index is 803. The molecule has 1 aromatic heterocycles. The molecule has 0 bridgehead atoms. The lowest BCUT2D eigenvalue weighted by Crippen LogP contribution is -2.34. The summed E-state index contributed by atoms with van der Waals surface area (Å²) in [6.07, 6.45) is 1.54. The number of aromatic nitrogens is 3. The smallest absolute Gasteiger partial charge is 0.490 e. The molecule has 30 heavy (non-hydrogen) atoms. The number of phenolic OH excluding ortho intramolecular Hbond substituents is 1. The van der Waals surface area contributed by atoms with Gasteiger partial charge in [-0.25, -0.2) is 4.79 Å². The normalized spacial score (nSPS) is 15.5. The highest BCUT2D eigenvalue weighted by atomic mass is 19.4. The van der Waals surface area contributed by atoms with Gasteiger partial charge in [-0.3, -0.25) is 9.58 Å². The Labute approximate surface area is 173 Å². The van der Waals surface area contributed by atoms with Crippen molar-refractivity contribution in [3.63, 3.8) is 0 Å². The van der Waals surface area contributed by atoms with E-state index in [1.165, 1.54) is 18.4 Å². The maximum Gasteiger partial charge on any atom is 0.490 e. The summed E-state index contributed by atoms with van der Waals surface area (Å²) in [6.45, 7) is 6.29. The summed E-state index contributed by atoms with van der Waals surface area (Å²) >= 11 is 0. The molecule has 0 spiro atoms. The van der Waals surface area contributed by atoms with Gasteiger partial charge in [-0.1, -0.05) is 30.7 Å². The topological polar surface area (TPSA) is 91.5 Å². The lowest BCUT2D eigenvalue weighted by molar-refractivity contribution is -0.192. The maximum absolute atomic E-state index is 10.6. The third-order valence-corrected chi connectivity index (χ3v) is 4.80. The van der Waals surface area contributed by atoms with Crippen LogP contribution in [0.25, 0.3) is 0 Å². The van der Waals surface area contributed by atoms with Gasteiger partial charge < -0.3 is 10.2 Å². The highest BCUT2D eigenvalue weighted by molar-refractivity contribution is 5.73. The van der Waals surface area contributed by atoms with Crippen molar-refractivity contribution in [3.05, 3.63) is 41.7 Å². The molecule has 0 amide bonds. The van der Waals surface area contributed by atoms with Crippen LogP contribution in [0.2, 0.25) is 0 Å². The van der Waals surface area contributed by atoms with Gasteiger partial charge in [0.2, 0.25) is 0 Å². The number of aryl methyl sites for hydroxylation is 1. The fraction of sp³-hybridized carbons (Fsp3) is 0.550. The van der Waals surface area contributed by atoms with E-state index in [9.17, 15) is 18.3 Å². The van der Waals surface area contributed by atoms with E-state index in [1.807, 2.05) is 16.8 Å². The summed E-state index contributed by atoms with van der Waals surface area (Å²) in [5.41, 5.74) is 2.29. The highest BCUT2D eigenvalue weighted by Crippen LogP contribution is 2.21. The second-order valence-electron chi connectivity index (χ2n) is 7.37. The largest absolute Gasteiger partial charge is 0.508 e. The second-order valence-corrected chi connectivity index (χ2v) is 7.37. The minimum atomic E-state index is -5.08. The van der Waals surface area contributed by atoms with E-state index in [2.05, 4.69) is 34.4 Å². The van der Waals surface area contributed by atoms with Gasteiger partial charge in [0.15, 0.2) is 0 Å². The molecule has 0 unspecified atom stereocenters. The molecule has 1 aliphatic heterocycles. The summed E-state index contributed by atoms with van der Waals surface area (Å²) in [5, 5.41) is 25.2. The number of aliphatic carboxylic acids is 1. The Balaban J connectivity index is 0.000000396. The van der Waals surface area contributed by atoms with E-state index >= 15 is 0 Å². The van der Waals surface area contributed by atoms with Crippen molar-refractivity contribution in [1.29, 1.82) is 0 Å². The Kier molecular flexibility index (Phi) is 8.64. The molecule has 2 heterocycles. The number of alkyl halides is 3. The van der Waals surface area contributed by atoms with Crippen LogP contribution in [-0.2, 0) is 24.3 Å². The first-order valence-corrected chi connectivity index (χ1v) is 9.86. The Morgan fingerprint density at radius 1 is 1.27 bits per heavy atom. The van der Waals surface area contributed by atoms with Crippen LogP contribution in [0, 0.1) is 5.92 Å². The van der Waals surface area contributed by atoms with Crippen molar-refractivity contribution in [3.8, 4) is 5.75 Å². The minimum Gasteiger partial charge on any atom is -0.508 e. The van der Waals surface area contributed by atoms with E-state index in [0.717, 1.165) is 44.7 Å². The summed E-state index contributed by atoms with van der Waals surface area (Å²) in [5.74, 6) is -1.72. The van der Waals surface area contributed by atoms with Gasteiger partial charge in [0.05, 0.1) is 5.69 Å². The van der Waals surface area contributed by atoms with Crippen molar-refractivity contribution >= 4 is 5.97 Å². The standard InChI is InChI=1S/C18H26N4O.C2HF3O2/c1-2-4-17-14-22(20-19-17)13-15-7-9-21(10-8-15)12-16-5-3-6-18(23)11-16;3-2(4,5)1(6)7/h3,5-6,11,14-15,23H,2,4,7-10,12-13H2,1H3;(H,6,7). The van der Waals surface area contributed by atoms with Crippen LogP contribution in [0.1, 0.15) is 37.4 Å². The number of carbonyl (C=O) groups is 1. The van der Waals surface area contributed by atoms with E-state index in [0.29, 0.717) is 11.7 Å². The second kappa shape index (κ2) is 11.0. The molecule has 166 valence electrons. The Morgan fingerprint density at radius 3 is 2.50 bits per heavy atom. The quantitative estimate of drug-likeness (QED) is 0.732. The molecular weight excluding hydrogens is 401 g/mol. The van der Waals surface area contributed by atoms with Gasteiger partial charge in [-0.05, 0) is 56.0 Å². The van der Waals surface area contributed by atoms with Crippen molar-refractivity contribution in [2.24, 2.45) is 5.92 Å². The first kappa shape index (κ1) is 23.7. The fourth-order valence-corrected chi connectivity index (χ4v) is 3.30. The van der Waals surface area contributed by atoms with E-state index in [4.69, 9.17) is 9.90 Å². The summed E-state index contributed by atoms with van der Waals surface area (Å²) < 4.78 is 33.8. The first-order chi connectivity index (χ1) is 14.2. The number of carboxylic acid groups (broad SMARTS) is 1. The van der Waals surface area contributed by atoms with Gasteiger partial charge in [-0.2, -0.15) is 13.2 Å². The van der Waals surface area contributed by atoms with E-state index < -0.39 is 12.1 Å². The van der Waals surface area contributed by atoms with Gasteiger partial charge in [0.1, 0.15) is 5.75 Å². The molecule has 0 radical (unpaired) electrons. The fourth-order valence-electron chi connectivity index (χ4n) is 3.30. The molecule has 1 fully saturated rings. The number of benzene rings is 1. The van der Waals surface area contributed by atoms with Crippen LogP contribution in [0.3, 0.4) is 0 Å². The summed E-state index contributed by atoms with van der Waals surface area (Å²) in [6, 6.07) is 7.57. The molecule has 2 N–H and O–H groups in total. The van der Waals surface area contributed by atoms with Crippen LogP contribution in [0.5, 0.6) is 5.75 Å². The molecular formula is C20H27F3N4O3. The Morgan fingerprint density at radius 2 is 1.93 bits per heavy atom. The summed E-state index contributed by atoms with van der Waals surface area (Å²) in [4.78, 5) is 11.4. The lowest BCUT2D eigenvalue weighted by Gasteiger charge is -2.31. The van der Waals surface area contributed by atoms with Crippen molar-refractivity contribution in [2.75, 3.05) is 13.1 Å². The monoisotopic (exact) mass is 428 g/mol. The Hall–Kier alpha value is -2.62. The van der Waals surface area contributed by atoms with Crippen LogP contribution in [-0.4, -0.2) is 55.3 Å². The predicted octanol–water partition coefficient (Wildman–Crippen LogP) is 3.48. The van der Waals surface area contributed by atoms with Gasteiger partial charge in [0.25, 0.3) is 0 Å². The third-order valence-electron chi connectivity index (χ3n) is 4.80. The average molecular weight is 428 g/mol. The number of hydrogen-bond donors (Lipinski definition) is 2. The number of aromatic hydroxyl groups is 1. The number of likely N-dealkylation sites (tertiary alicyclic amines) is 1. The summed E-state index contributed by atoms with van der Waals surface area (Å²) in [7, 11) is 0. The molecule has 3 rings (SSSR count). The van der Waals surface area contributed by atoms with Gasteiger partial charge in [0, 0.05) is 19.3 Å². The molecule has 10 heteroatoms. The molecule has 2 aromatic rings. The SMILES string of the molecule is CCCc1cn(CC2CCN(Cc3cccc(O)c3)CC2)nn1.O=C(O)C(F)(F)F. The van der Waals surface area contributed by atoms with Crippen LogP contribution in [0.15, 0.2) is 30.5 Å². The zero-order valence-electron chi connectivity index (χ0n) is 16.8. The molecule has 0 atom stereocenters. The molecule has 1 saturated heterocycles. The maximum atomic E-state index is 10.6. The zero-order valence-corrected chi connectivity index (χ0v) is 16.8. The minimum absolute atomic E-state index is 0.353. The molecule has 1 aliphatic rings. The number of hydrogen-bond acceptors (Lipinski definition) is 5. The number of phenols is 1. The van der Waals surface area contributed by atoms with Gasteiger partial charge >= 0.3 is 12.1 Å². The number of piperidine rings is 1. The van der Waals surface area contributed by atoms with E-state index in [-0.39, 0.29) is 0 Å². The van der Waals surface area contributed by atoms with Crippen molar-refractivity contribution in [1.82, 2.24) is 19.9 Å². The molecule has 7 nitrogen and oxygen atoms in total. The molecule has 0 aliphatic carbocycles. The molecule has 0 saturated carbocycles. The number of nitrogens with zero attached hydrogens (tertiary/aromatic N) is 4. The van der Waals surface area contributed by atoms with Crippen LogP contribution < -0.4 is 0 Å². The third kappa shape index (κ3) is 8.02. The van der Waals surface area contributed by atoms with Crippen molar-refractivity contribution in [2.45, 2.75) is 51.9 Å². The number of rotatable bonds is 6. The number of carboxylic acids is 1. The lowest BCUT2D eigenvalue weighted by atomic mass is 9.96. The number of halogens is 3. The molecule has 1 aromatic carbocycles. The van der Waals surface area contributed by atoms with Crippen LogP contribution >= 0.6 is 0 Å².